The van der Waals surface area contributed by atoms with Crippen molar-refractivity contribution in [2.45, 2.75) is 61.9 Å². The van der Waals surface area contributed by atoms with Crippen LogP contribution in [0.4, 0.5) is 5.82 Å². The first-order valence-corrected chi connectivity index (χ1v) is 12.3. The summed E-state index contributed by atoms with van der Waals surface area (Å²) in [5.41, 5.74) is 0.252. The molecular weight excluding hydrogens is 390 g/mol. The second-order valence-corrected chi connectivity index (χ2v) is 11.2. The Labute approximate surface area is 173 Å². The van der Waals surface area contributed by atoms with Crippen LogP contribution in [0.3, 0.4) is 0 Å². The van der Waals surface area contributed by atoms with Gasteiger partial charge in [0.25, 0.3) is 0 Å². The summed E-state index contributed by atoms with van der Waals surface area (Å²) in [5, 5.41) is 0. The fourth-order valence-electron chi connectivity index (χ4n) is 5.91. The highest BCUT2D eigenvalue weighted by Crippen LogP contribution is 2.50. The molecule has 1 spiro atoms. The lowest BCUT2D eigenvalue weighted by Crippen LogP contribution is -2.40. The third-order valence-electron chi connectivity index (χ3n) is 7.55. The number of nitrogens with zero attached hydrogens (tertiary/aromatic N) is 2. The van der Waals surface area contributed by atoms with E-state index in [-0.39, 0.29) is 10.5 Å². The molecule has 2 saturated carbocycles. The standard InChI is InChI=1S/C21H31N3O4S/c1-27-17-10-18(29(25,26)23-8-6-21-11-16(12-21)14-28-21)19(22-13-17)24-9-7-20(15-24)4-2-3-5-20/h10,13,16,23H,2-9,11-12,14-15H2,1H3. The Hall–Kier alpha value is -1.38. The molecule has 5 aliphatic rings. The van der Waals surface area contributed by atoms with Gasteiger partial charge < -0.3 is 14.4 Å². The van der Waals surface area contributed by atoms with Crippen molar-refractivity contribution in [3.8, 4) is 5.75 Å². The van der Waals surface area contributed by atoms with Crippen molar-refractivity contribution in [2.75, 3.05) is 38.3 Å². The summed E-state index contributed by atoms with van der Waals surface area (Å²) in [7, 11) is -2.15. The quantitative estimate of drug-likeness (QED) is 0.729. The lowest BCUT2D eigenvalue weighted by Gasteiger charge is -2.35. The molecule has 0 aromatic carbocycles. The molecule has 2 aliphatic carbocycles. The van der Waals surface area contributed by atoms with Crippen LogP contribution < -0.4 is 14.4 Å². The number of fused-ring (bicyclic) bond motifs is 1. The average Bonchev–Trinajstić information content (AvgIpc) is 3.47. The lowest BCUT2D eigenvalue weighted by atomic mass is 9.73. The minimum Gasteiger partial charge on any atom is -0.495 e. The van der Waals surface area contributed by atoms with Gasteiger partial charge in [-0.05, 0) is 49.9 Å². The van der Waals surface area contributed by atoms with Crippen molar-refractivity contribution in [3.05, 3.63) is 12.3 Å². The van der Waals surface area contributed by atoms with Gasteiger partial charge in [-0.25, -0.2) is 18.1 Å². The molecule has 2 bridgehead atoms. The number of nitrogens with one attached hydrogen (secondary N) is 1. The summed E-state index contributed by atoms with van der Waals surface area (Å²) in [6.07, 6.45) is 10.6. The van der Waals surface area contributed by atoms with Gasteiger partial charge >= 0.3 is 0 Å². The lowest BCUT2D eigenvalue weighted by molar-refractivity contribution is -0.00426. The highest BCUT2D eigenvalue weighted by Gasteiger charge is 2.51. The van der Waals surface area contributed by atoms with Crippen LogP contribution in [0.15, 0.2) is 17.2 Å². The van der Waals surface area contributed by atoms with Gasteiger partial charge in [0, 0.05) is 25.7 Å². The molecule has 1 N–H and O–H groups in total. The maximum atomic E-state index is 13.2. The van der Waals surface area contributed by atoms with E-state index in [9.17, 15) is 8.42 Å². The van der Waals surface area contributed by atoms with Crippen molar-refractivity contribution in [2.24, 2.45) is 11.3 Å². The molecule has 1 aromatic rings. The number of methoxy groups -OCH3 is 1. The van der Waals surface area contributed by atoms with E-state index in [1.807, 2.05) is 0 Å². The Kier molecular flexibility index (Phi) is 4.79. The van der Waals surface area contributed by atoms with Crippen molar-refractivity contribution < 1.29 is 17.9 Å². The maximum absolute atomic E-state index is 13.2. The topological polar surface area (TPSA) is 80.8 Å². The molecule has 8 heteroatoms. The van der Waals surface area contributed by atoms with Gasteiger partial charge in [-0.2, -0.15) is 0 Å². The zero-order chi connectivity index (χ0) is 20.1. The second-order valence-electron chi connectivity index (χ2n) is 9.49. The zero-order valence-electron chi connectivity index (χ0n) is 17.2. The fraction of sp³-hybridized carbons (Fsp3) is 0.762. The summed E-state index contributed by atoms with van der Waals surface area (Å²) < 4.78 is 40.3. The van der Waals surface area contributed by atoms with Gasteiger partial charge in [0.2, 0.25) is 10.0 Å². The van der Waals surface area contributed by atoms with Crippen LogP contribution in [0.25, 0.3) is 0 Å². The van der Waals surface area contributed by atoms with E-state index >= 15 is 0 Å². The Balaban J connectivity index is 1.34. The number of rotatable bonds is 7. The van der Waals surface area contributed by atoms with Gasteiger partial charge in [-0.15, -0.1) is 0 Å². The molecule has 0 amide bonds. The SMILES string of the molecule is COc1cnc(N2CCC3(CCCC3)C2)c(S(=O)(=O)NCCC23CC(CO2)C3)c1. The Bertz CT molecular complexity index is 870. The summed E-state index contributed by atoms with van der Waals surface area (Å²) in [5.74, 6) is 1.70. The molecule has 5 fully saturated rings. The number of hydrogen-bond donors (Lipinski definition) is 1. The third-order valence-corrected chi connectivity index (χ3v) is 9.02. The molecule has 1 aromatic heterocycles. The number of sulfonamides is 1. The van der Waals surface area contributed by atoms with E-state index < -0.39 is 10.0 Å². The van der Waals surface area contributed by atoms with Crippen molar-refractivity contribution in [3.63, 3.8) is 0 Å². The van der Waals surface area contributed by atoms with Crippen LogP contribution in [-0.4, -0.2) is 52.4 Å². The molecule has 4 heterocycles. The largest absolute Gasteiger partial charge is 0.495 e. The van der Waals surface area contributed by atoms with Crippen LogP contribution in [0.2, 0.25) is 0 Å². The molecule has 7 nitrogen and oxygen atoms in total. The van der Waals surface area contributed by atoms with E-state index in [2.05, 4.69) is 14.6 Å². The first-order chi connectivity index (χ1) is 13.9. The normalized spacial score (nSPS) is 30.1. The van der Waals surface area contributed by atoms with E-state index in [0.717, 1.165) is 45.4 Å². The van der Waals surface area contributed by atoms with Crippen molar-refractivity contribution in [1.82, 2.24) is 9.71 Å². The fourth-order valence-corrected chi connectivity index (χ4v) is 7.13. The minimum absolute atomic E-state index is 0.0908. The summed E-state index contributed by atoms with van der Waals surface area (Å²) >= 11 is 0. The number of anilines is 1. The molecule has 6 rings (SSSR count). The number of hydrogen-bond acceptors (Lipinski definition) is 6. The highest BCUT2D eigenvalue weighted by molar-refractivity contribution is 7.89. The number of pyridine rings is 1. The first-order valence-electron chi connectivity index (χ1n) is 10.9. The van der Waals surface area contributed by atoms with E-state index in [4.69, 9.17) is 9.47 Å². The van der Waals surface area contributed by atoms with Crippen LogP contribution in [0.1, 0.15) is 51.4 Å². The second kappa shape index (κ2) is 7.10. The van der Waals surface area contributed by atoms with Gasteiger partial charge in [-0.1, -0.05) is 12.8 Å². The van der Waals surface area contributed by atoms with Gasteiger partial charge in [0.1, 0.15) is 16.5 Å². The molecule has 0 unspecified atom stereocenters. The van der Waals surface area contributed by atoms with Gasteiger partial charge in [-0.3, -0.25) is 0 Å². The predicted octanol–water partition coefficient (Wildman–Crippen LogP) is 2.71. The van der Waals surface area contributed by atoms with E-state index in [0.29, 0.717) is 29.4 Å². The van der Waals surface area contributed by atoms with Crippen molar-refractivity contribution in [1.29, 1.82) is 0 Å². The average molecular weight is 422 g/mol. The Morgan fingerprint density at radius 3 is 2.79 bits per heavy atom. The highest BCUT2D eigenvalue weighted by atomic mass is 32.2. The van der Waals surface area contributed by atoms with E-state index in [1.54, 1.807) is 12.3 Å². The smallest absolute Gasteiger partial charge is 0.244 e. The van der Waals surface area contributed by atoms with Crippen LogP contribution >= 0.6 is 0 Å². The number of ether oxygens (including phenoxy) is 2. The summed E-state index contributed by atoms with van der Waals surface area (Å²) in [4.78, 5) is 6.90. The predicted molar refractivity (Wildman–Crippen MR) is 110 cm³/mol. The Morgan fingerprint density at radius 2 is 2.10 bits per heavy atom. The first kappa shape index (κ1) is 19.6. The molecule has 0 atom stereocenters. The molecule has 160 valence electrons. The van der Waals surface area contributed by atoms with Crippen LogP contribution in [0, 0.1) is 11.3 Å². The van der Waals surface area contributed by atoms with Crippen LogP contribution in [0.5, 0.6) is 5.75 Å². The maximum Gasteiger partial charge on any atom is 0.244 e. The zero-order valence-corrected chi connectivity index (χ0v) is 18.0. The molecule has 29 heavy (non-hydrogen) atoms. The van der Waals surface area contributed by atoms with Gasteiger partial charge in [0.05, 0.1) is 25.5 Å². The van der Waals surface area contributed by atoms with E-state index in [1.165, 1.54) is 32.8 Å². The summed E-state index contributed by atoms with van der Waals surface area (Å²) in [6.45, 7) is 2.97. The molecule has 3 aliphatic heterocycles. The summed E-state index contributed by atoms with van der Waals surface area (Å²) in [6, 6.07) is 1.61. The molecule has 3 saturated heterocycles. The third kappa shape index (κ3) is 3.53. The minimum atomic E-state index is -3.69. The van der Waals surface area contributed by atoms with Gasteiger partial charge in [0.15, 0.2) is 0 Å². The van der Waals surface area contributed by atoms with Crippen LogP contribution in [-0.2, 0) is 14.8 Å². The molecule has 0 radical (unpaired) electrons. The number of aromatic nitrogens is 1. The monoisotopic (exact) mass is 421 g/mol. The molecular formula is C21H31N3O4S. The van der Waals surface area contributed by atoms with Crippen molar-refractivity contribution >= 4 is 15.8 Å². The Morgan fingerprint density at radius 1 is 1.31 bits per heavy atom.